The Labute approximate surface area is 148 Å². The van der Waals surface area contributed by atoms with Gasteiger partial charge in [-0.3, -0.25) is 0 Å². The number of aliphatic hydroxyl groups is 1. The number of phenols is 1. The maximum absolute atomic E-state index is 10.6. The lowest BCUT2D eigenvalue weighted by atomic mass is 9.75. The van der Waals surface area contributed by atoms with E-state index in [-0.39, 0.29) is 17.4 Å². The van der Waals surface area contributed by atoms with Gasteiger partial charge in [-0.1, -0.05) is 65.5 Å². The van der Waals surface area contributed by atoms with Crippen LogP contribution in [0.2, 0.25) is 0 Å². The van der Waals surface area contributed by atoms with E-state index in [4.69, 9.17) is 0 Å². The van der Waals surface area contributed by atoms with Gasteiger partial charge in [-0.05, 0) is 60.1 Å². The number of phenolic OH excluding ortho intramolecular Hbond substituents is 1. The van der Waals surface area contributed by atoms with Gasteiger partial charge < -0.3 is 10.2 Å². The summed E-state index contributed by atoms with van der Waals surface area (Å²) in [5.41, 5.74) is 2.35. The Balaban J connectivity index is 2.08. The van der Waals surface area contributed by atoms with Gasteiger partial charge in [0.15, 0.2) is 0 Å². The quantitative estimate of drug-likeness (QED) is 0.610. The maximum Gasteiger partial charge on any atom is 0.119 e. The first-order valence-electron chi connectivity index (χ1n) is 9.85. The molecule has 0 aliphatic heterocycles. The maximum atomic E-state index is 10.6. The van der Waals surface area contributed by atoms with Crippen LogP contribution in [0.5, 0.6) is 5.75 Å². The molecule has 1 saturated carbocycles. The van der Waals surface area contributed by atoms with Crippen LogP contribution >= 0.6 is 0 Å². The van der Waals surface area contributed by atoms with Crippen molar-refractivity contribution < 1.29 is 10.2 Å². The summed E-state index contributed by atoms with van der Waals surface area (Å²) in [4.78, 5) is 0. The van der Waals surface area contributed by atoms with Crippen LogP contribution in [0.15, 0.2) is 18.2 Å². The highest BCUT2D eigenvalue weighted by Gasteiger charge is 2.29. The van der Waals surface area contributed by atoms with Crippen LogP contribution in [0.25, 0.3) is 0 Å². The summed E-state index contributed by atoms with van der Waals surface area (Å²) in [6, 6.07) is 6.27. The summed E-state index contributed by atoms with van der Waals surface area (Å²) in [6.45, 7) is 8.99. The largest absolute Gasteiger partial charge is 0.508 e. The fourth-order valence-electron chi connectivity index (χ4n) is 4.27. The molecular formula is C22H36O2. The molecule has 0 aromatic heterocycles. The Morgan fingerprint density at radius 3 is 2.46 bits per heavy atom. The normalized spacial score (nSPS) is 25.0. The molecule has 1 aromatic rings. The van der Waals surface area contributed by atoms with Gasteiger partial charge in [-0.2, -0.15) is 0 Å². The topological polar surface area (TPSA) is 40.5 Å². The molecule has 1 aliphatic rings. The molecule has 0 bridgehead atoms. The van der Waals surface area contributed by atoms with E-state index in [0.717, 1.165) is 31.2 Å². The van der Waals surface area contributed by atoms with Crippen molar-refractivity contribution in [2.75, 3.05) is 0 Å². The monoisotopic (exact) mass is 332 g/mol. The van der Waals surface area contributed by atoms with Crippen LogP contribution in [0.3, 0.4) is 0 Å². The van der Waals surface area contributed by atoms with Gasteiger partial charge in [0, 0.05) is 0 Å². The fourth-order valence-corrected chi connectivity index (χ4v) is 4.27. The van der Waals surface area contributed by atoms with E-state index in [9.17, 15) is 10.2 Å². The number of hydrogen-bond acceptors (Lipinski definition) is 2. The Morgan fingerprint density at radius 2 is 1.83 bits per heavy atom. The standard InChI is InChI=1S/C22H36O2/c1-5-6-7-8-11-22(3,4)18-9-10-20(21(24)15-18)17-12-16(2)13-19(23)14-17/h9-10,15-17,19,23-24H,5-8,11-14H2,1-4H3/t16-,17-,19-/m1/s1. The molecule has 0 saturated heterocycles. The predicted molar refractivity (Wildman–Crippen MR) is 102 cm³/mol. The van der Waals surface area contributed by atoms with Crippen molar-refractivity contribution in [1.29, 1.82) is 0 Å². The summed E-state index contributed by atoms with van der Waals surface area (Å²) >= 11 is 0. The van der Waals surface area contributed by atoms with Crippen molar-refractivity contribution in [2.24, 2.45) is 5.92 Å². The van der Waals surface area contributed by atoms with Crippen LogP contribution in [-0.2, 0) is 5.41 Å². The van der Waals surface area contributed by atoms with Gasteiger partial charge in [0.05, 0.1) is 6.10 Å². The lowest BCUT2D eigenvalue weighted by molar-refractivity contribution is 0.0940. The van der Waals surface area contributed by atoms with E-state index in [1.54, 1.807) is 0 Å². The van der Waals surface area contributed by atoms with E-state index in [2.05, 4.69) is 39.8 Å². The van der Waals surface area contributed by atoms with E-state index in [0.29, 0.717) is 11.7 Å². The molecule has 0 amide bonds. The Bertz CT molecular complexity index is 511. The highest BCUT2D eigenvalue weighted by atomic mass is 16.3. The van der Waals surface area contributed by atoms with Gasteiger partial charge in [0.2, 0.25) is 0 Å². The summed E-state index contributed by atoms with van der Waals surface area (Å²) in [7, 11) is 0. The Morgan fingerprint density at radius 1 is 1.08 bits per heavy atom. The lowest BCUT2D eigenvalue weighted by Crippen LogP contribution is -2.24. The third-order valence-corrected chi connectivity index (χ3v) is 5.82. The summed E-state index contributed by atoms with van der Waals surface area (Å²) in [6.07, 6.45) is 8.77. The van der Waals surface area contributed by atoms with Crippen molar-refractivity contribution in [3.8, 4) is 5.75 Å². The van der Waals surface area contributed by atoms with E-state index in [1.807, 2.05) is 6.07 Å². The van der Waals surface area contributed by atoms with Gasteiger partial charge in [-0.15, -0.1) is 0 Å². The number of rotatable bonds is 7. The minimum Gasteiger partial charge on any atom is -0.508 e. The van der Waals surface area contributed by atoms with Crippen LogP contribution in [-0.4, -0.2) is 16.3 Å². The van der Waals surface area contributed by atoms with Crippen LogP contribution in [0.1, 0.15) is 96.1 Å². The minimum absolute atomic E-state index is 0.100. The second kappa shape index (κ2) is 8.38. The lowest BCUT2D eigenvalue weighted by Gasteiger charge is -2.32. The molecule has 1 fully saturated rings. The van der Waals surface area contributed by atoms with Crippen molar-refractivity contribution in [2.45, 2.75) is 96.5 Å². The highest BCUT2D eigenvalue weighted by Crippen LogP contribution is 2.41. The van der Waals surface area contributed by atoms with Crippen molar-refractivity contribution >= 4 is 0 Å². The third kappa shape index (κ3) is 4.99. The molecule has 136 valence electrons. The van der Waals surface area contributed by atoms with E-state index >= 15 is 0 Å². The molecule has 2 heteroatoms. The first kappa shape index (κ1) is 19.3. The molecule has 1 aliphatic carbocycles. The number of hydrogen-bond donors (Lipinski definition) is 2. The molecular weight excluding hydrogens is 296 g/mol. The van der Waals surface area contributed by atoms with E-state index in [1.165, 1.54) is 31.2 Å². The van der Waals surface area contributed by atoms with Gasteiger partial charge >= 0.3 is 0 Å². The van der Waals surface area contributed by atoms with Crippen LogP contribution in [0.4, 0.5) is 0 Å². The fraction of sp³-hybridized carbons (Fsp3) is 0.727. The van der Waals surface area contributed by atoms with Gasteiger partial charge in [0.25, 0.3) is 0 Å². The van der Waals surface area contributed by atoms with Gasteiger partial charge in [0.1, 0.15) is 5.75 Å². The SMILES string of the molecule is CCCCCCC(C)(C)c1ccc([C@@H]2C[C@@H](C)C[C@@H](O)C2)c(O)c1. The molecule has 2 rings (SSSR count). The Hall–Kier alpha value is -1.02. The summed E-state index contributed by atoms with van der Waals surface area (Å²) in [5.74, 6) is 1.22. The van der Waals surface area contributed by atoms with Crippen LogP contribution in [0, 0.1) is 5.92 Å². The zero-order valence-electron chi connectivity index (χ0n) is 16.0. The van der Waals surface area contributed by atoms with E-state index < -0.39 is 0 Å². The van der Waals surface area contributed by atoms with Crippen molar-refractivity contribution in [1.82, 2.24) is 0 Å². The second-order valence-corrected chi connectivity index (χ2v) is 8.63. The smallest absolute Gasteiger partial charge is 0.119 e. The molecule has 24 heavy (non-hydrogen) atoms. The van der Waals surface area contributed by atoms with Crippen LogP contribution < -0.4 is 0 Å². The second-order valence-electron chi connectivity index (χ2n) is 8.63. The molecule has 1 aromatic carbocycles. The minimum atomic E-state index is -0.229. The molecule has 2 N–H and O–H groups in total. The molecule has 0 heterocycles. The molecule has 2 nitrogen and oxygen atoms in total. The van der Waals surface area contributed by atoms with Crippen molar-refractivity contribution in [3.05, 3.63) is 29.3 Å². The summed E-state index contributed by atoms with van der Waals surface area (Å²) in [5, 5.41) is 20.7. The summed E-state index contributed by atoms with van der Waals surface area (Å²) < 4.78 is 0. The molecule has 0 unspecified atom stereocenters. The number of benzene rings is 1. The highest BCUT2D eigenvalue weighted by molar-refractivity contribution is 5.41. The van der Waals surface area contributed by atoms with Gasteiger partial charge in [-0.25, -0.2) is 0 Å². The molecule has 3 atom stereocenters. The molecule has 0 spiro atoms. The predicted octanol–water partition coefficient (Wildman–Crippen LogP) is 5.90. The Kier molecular flexibility index (Phi) is 6.74. The molecule has 0 radical (unpaired) electrons. The number of aromatic hydroxyl groups is 1. The number of aliphatic hydroxyl groups excluding tert-OH is 1. The number of unbranched alkanes of at least 4 members (excludes halogenated alkanes) is 3. The zero-order chi connectivity index (χ0) is 17.7. The third-order valence-electron chi connectivity index (χ3n) is 5.82. The average molecular weight is 333 g/mol. The van der Waals surface area contributed by atoms with Crippen molar-refractivity contribution in [3.63, 3.8) is 0 Å². The first-order valence-corrected chi connectivity index (χ1v) is 9.85. The zero-order valence-corrected chi connectivity index (χ0v) is 16.0. The first-order chi connectivity index (χ1) is 11.3. The average Bonchev–Trinajstić information content (AvgIpc) is 2.50.